The highest BCUT2D eigenvalue weighted by atomic mass is 16.5. The molecule has 2 bridgehead atoms. The minimum absolute atomic E-state index is 0.147. The number of imidazole rings is 1. The number of carbonyl (C=O) groups excluding carboxylic acids is 1. The summed E-state index contributed by atoms with van der Waals surface area (Å²) in [6, 6.07) is 5.48. The summed E-state index contributed by atoms with van der Waals surface area (Å²) in [6.45, 7) is 0.779. The van der Waals surface area contributed by atoms with Gasteiger partial charge in [-0.15, -0.1) is 0 Å². The number of ether oxygens (including phenoxy) is 1. The van der Waals surface area contributed by atoms with Gasteiger partial charge in [-0.05, 0) is 31.0 Å². The molecule has 24 heavy (non-hydrogen) atoms. The average molecular weight is 327 g/mol. The van der Waals surface area contributed by atoms with Crippen LogP contribution in [-0.2, 0) is 4.74 Å². The summed E-state index contributed by atoms with van der Waals surface area (Å²) in [5.41, 5.74) is 9.58. The molecule has 2 aromatic rings. The minimum atomic E-state index is -0.499. The van der Waals surface area contributed by atoms with Crippen molar-refractivity contribution in [2.45, 2.75) is 18.9 Å². The van der Waals surface area contributed by atoms with Crippen molar-refractivity contribution in [1.82, 2.24) is 9.97 Å². The highest BCUT2D eigenvalue weighted by Gasteiger charge is 2.14. The number of aromatic amines is 1. The molecule has 7 heteroatoms. The quantitative estimate of drug-likeness (QED) is 0.603. The molecule has 2 heterocycles. The molecule has 1 amide bonds. The second kappa shape index (κ2) is 7.18. The number of nitrogens with zero attached hydrogens (tertiary/aromatic N) is 1. The van der Waals surface area contributed by atoms with Crippen LogP contribution in [0, 0.1) is 0 Å². The van der Waals surface area contributed by atoms with Crippen LogP contribution in [0.15, 0.2) is 36.5 Å². The standard InChI is InChI=1S/C17H21N5O2/c1-24-17(23)21-11-6-7-12-14(9-11)19-8-4-2-3-5-13(18)16-20-10-15(12)22-16/h2-3,6-7,9-10,13,19H,4-5,8,18H2,1H3,(H,20,22)(H,21,23)/b3-2-/t13-/m0/s1. The Morgan fingerprint density at radius 2 is 2.29 bits per heavy atom. The molecule has 3 rings (SSSR count). The van der Waals surface area contributed by atoms with E-state index in [9.17, 15) is 4.79 Å². The summed E-state index contributed by atoms with van der Waals surface area (Å²) in [7, 11) is 1.34. The smallest absolute Gasteiger partial charge is 0.411 e. The van der Waals surface area contributed by atoms with Gasteiger partial charge in [0.25, 0.3) is 0 Å². The van der Waals surface area contributed by atoms with Gasteiger partial charge in [0, 0.05) is 23.5 Å². The second-order valence-corrected chi connectivity index (χ2v) is 5.59. The molecule has 1 aliphatic heterocycles. The van der Waals surface area contributed by atoms with E-state index in [1.54, 1.807) is 6.20 Å². The maximum absolute atomic E-state index is 11.4. The van der Waals surface area contributed by atoms with Crippen LogP contribution in [0.25, 0.3) is 11.3 Å². The number of nitrogens with one attached hydrogen (secondary N) is 3. The topological polar surface area (TPSA) is 105 Å². The number of H-pyrrole nitrogens is 1. The van der Waals surface area contributed by atoms with E-state index in [0.717, 1.165) is 42.2 Å². The zero-order valence-corrected chi connectivity index (χ0v) is 13.5. The van der Waals surface area contributed by atoms with Gasteiger partial charge in [-0.1, -0.05) is 12.2 Å². The Morgan fingerprint density at radius 3 is 3.12 bits per heavy atom. The van der Waals surface area contributed by atoms with Crippen molar-refractivity contribution in [1.29, 1.82) is 0 Å². The maximum atomic E-state index is 11.4. The van der Waals surface area contributed by atoms with Gasteiger partial charge in [-0.25, -0.2) is 9.78 Å². The predicted molar refractivity (Wildman–Crippen MR) is 93.8 cm³/mol. The Bertz CT molecular complexity index is 753. The van der Waals surface area contributed by atoms with Crippen molar-refractivity contribution in [2.24, 2.45) is 5.73 Å². The van der Waals surface area contributed by atoms with Crippen LogP contribution in [0.4, 0.5) is 16.2 Å². The van der Waals surface area contributed by atoms with Crippen LogP contribution in [0.1, 0.15) is 24.7 Å². The number of amides is 1. The third-order valence-electron chi connectivity index (χ3n) is 3.87. The Balaban J connectivity index is 1.97. The van der Waals surface area contributed by atoms with Gasteiger partial charge in [0.05, 0.1) is 25.0 Å². The molecular formula is C17H21N5O2. The number of nitrogens with two attached hydrogens (primary N) is 1. The molecule has 1 aliphatic rings. The monoisotopic (exact) mass is 327 g/mol. The first-order valence-electron chi connectivity index (χ1n) is 7.86. The lowest BCUT2D eigenvalue weighted by atomic mass is 10.1. The molecule has 0 spiro atoms. The molecule has 0 radical (unpaired) electrons. The van der Waals surface area contributed by atoms with Gasteiger partial charge in [-0.3, -0.25) is 5.32 Å². The van der Waals surface area contributed by atoms with Crippen molar-refractivity contribution >= 4 is 17.5 Å². The molecule has 0 fully saturated rings. The Hall–Kier alpha value is -2.80. The van der Waals surface area contributed by atoms with Crippen LogP contribution in [0.5, 0.6) is 0 Å². The van der Waals surface area contributed by atoms with Crippen LogP contribution in [0.3, 0.4) is 0 Å². The van der Waals surface area contributed by atoms with Gasteiger partial charge in [-0.2, -0.15) is 0 Å². The summed E-state index contributed by atoms with van der Waals surface area (Å²) in [5.74, 6) is 0.762. The first kappa shape index (κ1) is 16.1. The largest absolute Gasteiger partial charge is 0.453 e. The van der Waals surface area contributed by atoms with E-state index in [0.29, 0.717) is 5.69 Å². The molecule has 7 nitrogen and oxygen atoms in total. The van der Waals surface area contributed by atoms with Gasteiger partial charge in [0.1, 0.15) is 5.82 Å². The molecule has 0 unspecified atom stereocenters. The lowest BCUT2D eigenvalue weighted by molar-refractivity contribution is 0.187. The molecule has 1 aromatic heterocycles. The summed E-state index contributed by atoms with van der Waals surface area (Å²) in [4.78, 5) is 19.1. The Morgan fingerprint density at radius 1 is 1.42 bits per heavy atom. The number of carbonyl (C=O) groups is 1. The van der Waals surface area contributed by atoms with E-state index >= 15 is 0 Å². The molecule has 1 atom stereocenters. The van der Waals surface area contributed by atoms with Crippen molar-refractivity contribution in [3.8, 4) is 11.3 Å². The first-order valence-corrected chi connectivity index (χ1v) is 7.86. The van der Waals surface area contributed by atoms with E-state index in [1.807, 2.05) is 18.2 Å². The van der Waals surface area contributed by atoms with Crippen molar-refractivity contribution in [3.63, 3.8) is 0 Å². The van der Waals surface area contributed by atoms with Crippen molar-refractivity contribution in [3.05, 3.63) is 42.4 Å². The van der Waals surface area contributed by atoms with E-state index in [-0.39, 0.29) is 6.04 Å². The SMILES string of the molecule is COC(=O)Nc1ccc2c(c1)NCC/C=C\C[C@H](N)c1ncc-2[nH]1. The normalized spacial score (nSPS) is 18.3. The van der Waals surface area contributed by atoms with Gasteiger partial charge >= 0.3 is 6.09 Å². The number of fused-ring (bicyclic) bond motifs is 4. The molecule has 0 aliphatic carbocycles. The fourth-order valence-electron chi connectivity index (χ4n) is 2.60. The zero-order valence-electron chi connectivity index (χ0n) is 13.5. The lowest BCUT2D eigenvalue weighted by Crippen LogP contribution is -2.12. The number of hydrogen-bond donors (Lipinski definition) is 4. The van der Waals surface area contributed by atoms with E-state index in [1.165, 1.54) is 7.11 Å². The molecular weight excluding hydrogens is 306 g/mol. The summed E-state index contributed by atoms with van der Waals surface area (Å²) in [5, 5.41) is 6.08. The summed E-state index contributed by atoms with van der Waals surface area (Å²) >= 11 is 0. The predicted octanol–water partition coefficient (Wildman–Crippen LogP) is 3.02. The summed E-state index contributed by atoms with van der Waals surface area (Å²) < 4.78 is 4.64. The van der Waals surface area contributed by atoms with E-state index in [4.69, 9.17) is 5.73 Å². The molecule has 0 saturated carbocycles. The number of methoxy groups -OCH3 is 1. The fraction of sp³-hybridized carbons (Fsp3) is 0.294. The van der Waals surface area contributed by atoms with Gasteiger partial charge in [0.2, 0.25) is 0 Å². The number of anilines is 2. The average Bonchev–Trinajstić information content (AvgIpc) is 3.07. The number of benzene rings is 1. The third-order valence-corrected chi connectivity index (χ3v) is 3.87. The Kier molecular flexibility index (Phi) is 4.81. The third kappa shape index (κ3) is 3.57. The maximum Gasteiger partial charge on any atom is 0.411 e. The minimum Gasteiger partial charge on any atom is -0.453 e. The van der Waals surface area contributed by atoms with E-state index in [2.05, 4.69) is 37.5 Å². The van der Waals surface area contributed by atoms with Crippen LogP contribution < -0.4 is 16.4 Å². The summed E-state index contributed by atoms with van der Waals surface area (Å²) in [6.07, 6.45) is 7.11. The van der Waals surface area contributed by atoms with Crippen molar-refractivity contribution in [2.75, 3.05) is 24.3 Å². The highest BCUT2D eigenvalue weighted by Crippen LogP contribution is 2.31. The fourth-order valence-corrected chi connectivity index (χ4v) is 2.60. The van der Waals surface area contributed by atoms with Gasteiger partial charge < -0.3 is 20.8 Å². The number of aromatic nitrogens is 2. The van der Waals surface area contributed by atoms with Crippen LogP contribution >= 0.6 is 0 Å². The Labute approximate surface area is 140 Å². The first-order chi connectivity index (χ1) is 11.7. The zero-order chi connectivity index (χ0) is 16.9. The molecule has 0 saturated heterocycles. The van der Waals surface area contributed by atoms with E-state index < -0.39 is 6.09 Å². The molecule has 126 valence electrons. The second-order valence-electron chi connectivity index (χ2n) is 5.59. The number of hydrogen-bond acceptors (Lipinski definition) is 5. The molecule has 1 aromatic carbocycles. The van der Waals surface area contributed by atoms with Gasteiger partial charge in [0.15, 0.2) is 0 Å². The number of rotatable bonds is 1. The highest BCUT2D eigenvalue weighted by molar-refractivity contribution is 5.87. The molecule has 5 N–H and O–H groups in total. The van der Waals surface area contributed by atoms with Crippen LogP contribution in [-0.4, -0.2) is 29.7 Å². The van der Waals surface area contributed by atoms with Crippen LogP contribution in [0.2, 0.25) is 0 Å². The lowest BCUT2D eigenvalue weighted by Gasteiger charge is -2.14. The van der Waals surface area contributed by atoms with Crippen molar-refractivity contribution < 1.29 is 9.53 Å².